The Morgan fingerprint density at radius 2 is 2.00 bits per heavy atom. The first-order chi connectivity index (χ1) is 9.13. The minimum atomic E-state index is -0.253. The Labute approximate surface area is 114 Å². The molecule has 0 spiro atoms. The van der Waals surface area contributed by atoms with E-state index in [0.29, 0.717) is 17.2 Å². The standard InChI is InChI=1S/C16H22FNO/c1-3-18(14-7-5-4-6-8-14)16(19)13-9-10-15(17)12(2)11-13/h9-11,14H,3-8H2,1-2H3. The molecule has 0 saturated heterocycles. The lowest BCUT2D eigenvalue weighted by molar-refractivity contribution is 0.0648. The molecule has 1 saturated carbocycles. The second-order valence-electron chi connectivity index (χ2n) is 5.35. The number of hydrogen-bond donors (Lipinski definition) is 0. The second-order valence-corrected chi connectivity index (χ2v) is 5.35. The fourth-order valence-corrected chi connectivity index (χ4v) is 2.90. The minimum Gasteiger partial charge on any atom is -0.336 e. The van der Waals surface area contributed by atoms with Crippen LogP contribution in [0.4, 0.5) is 4.39 Å². The lowest BCUT2D eigenvalue weighted by atomic mass is 9.93. The van der Waals surface area contributed by atoms with E-state index in [0.717, 1.165) is 19.4 Å². The number of carbonyl (C=O) groups is 1. The first kappa shape index (κ1) is 14.0. The molecule has 1 aromatic carbocycles. The zero-order chi connectivity index (χ0) is 13.8. The van der Waals surface area contributed by atoms with Gasteiger partial charge in [0.2, 0.25) is 0 Å². The molecule has 0 radical (unpaired) electrons. The number of rotatable bonds is 3. The summed E-state index contributed by atoms with van der Waals surface area (Å²) in [5.74, 6) is -0.213. The molecule has 1 aliphatic carbocycles. The molecule has 0 aliphatic heterocycles. The van der Waals surface area contributed by atoms with Crippen LogP contribution in [0.5, 0.6) is 0 Å². The van der Waals surface area contributed by atoms with Crippen LogP contribution in [-0.4, -0.2) is 23.4 Å². The van der Waals surface area contributed by atoms with E-state index in [1.165, 1.54) is 25.3 Å². The van der Waals surface area contributed by atoms with Crippen molar-refractivity contribution in [2.24, 2.45) is 0 Å². The first-order valence-electron chi connectivity index (χ1n) is 7.20. The van der Waals surface area contributed by atoms with Crippen molar-refractivity contribution in [3.63, 3.8) is 0 Å². The monoisotopic (exact) mass is 263 g/mol. The molecule has 2 nitrogen and oxygen atoms in total. The summed E-state index contributed by atoms with van der Waals surface area (Å²) in [6.45, 7) is 4.44. The number of nitrogens with zero attached hydrogens (tertiary/aromatic N) is 1. The van der Waals surface area contributed by atoms with E-state index < -0.39 is 0 Å². The van der Waals surface area contributed by atoms with Crippen molar-refractivity contribution >= 4 is 5.91 Å². The summed E-state index contributed by atoms with van der Waals surface area (Å²) in [5, 5.41) is 0. The highest BCUT2D eigenvalue weighted by atomic mass is 19.1. The predicted molar refractivity (Wildman–Crippen MR) is 74.7 cm³/mol. The largest absolute Gasteiger partial charge is 0.336 e. The average molecular weight is 263 g/mol. The van der Waals surface area contributed by atoms with Gasteiger partial charge in [0.05, 0.1) is 0 Å². The van der Waals surface area contributed by atoms with Crippen molar-refractivity contribution in [2.75, 3.05) is 6.54 Å². The molecule has 0 aromatic heterocycles. The summed E-state index contributed by atoms with van der Waals surface area (Å²) >= 11 is 0. The van der Waals surface area contributed by atoms with Gasteiger partial charge >= 0.3 is 0 Å². The van der Waals surface area contributed by atoms with Gasteiger partial charge in [-0.05, 0) is 50.5 Å². The number of benzene rings is 1. The Kier molecular flexibility index (Phi) is 4.56. The van der Waals surface area contributed by atoms with Crippen LogP contribution >= 0.6 is 0 Å². The molecule has 2 rings (SSSR count). The number of aryl methyl sites for hydroxylation is 1. The van der Waals surface area contributed by atoms with Crippen LogP contribution in [-0.2, 0) is 0 Å². The zero-order valence-corrected chi connectivity index (χ0v) is 11.8. The van der Waals surface area contributed by atoms with E-state index in [-0.39, 0.29) is 11.7 Å². The van der Waals surface area contributed by atoms with Gasteiger partial charge in [-0.1, -0.05) is 19.3 Å². The molecular weight excluding hydrogens is 241 g/mol. The molecule has 0 bridgehead atoms. The highest BCUT2D eigenvalue weighted by Crippen LogP contribution is 2.24. The zero-order valence-electron chi connectivity index (χ0n) is 11.8. The Hall–Kier alpha value is -1.38. The van der Waals surface area contributed by atoms with Crippen molar-refractivity contribution in [1.82, 2.24) is 4.90 Å². The average Bonchev–Trinajstić information content (AvgIpc) is 2.44. The Balaban J connectivity index is 2.17. The van der Waals surface area contributed by atoms with E-state index in [4.69, 9.17) is 0 Å². The van der Waals surface area contributed by atoms with Crippen LogP contribution < -0.4 is 0 Å². The van der Waals surface area contributed by atoms with Crippen LogP contribution in [0.15, 0.2) is 18.2 Å². The van der Waals surface area contributed by atoms with Gasteiger partial charge in [-0.25, -0.2) is 4.39 Å². The molecule has 104 valence electrons. The number of halogens is 1. The van der Waals surface area contributed by atoms with E-state index in [1.807, 2.05) is 11.8 Å². The third-order valence-electron chi connectivity index (χ3n) is 4.02. The molecule has 1 fully saturated rings. The maximum absolute atomic E-state index is 13.3. The summed E-state index contributed by atoms with van der Waals surface area (Å²) in [6.07, 6.45) is 5.88. The third-order valence-corrected chi connectivity index (χ3v) is 4.02. The molecule has 0 N–H and O–H groups in total. The number of hydrogen-bond acceptors (Lipinski definition) is 1. The van der Waals surface area contributed by atoms with Gasteiger partial charge in [0, 0.05) is 18.2 Å². The van der Waals surface area contributed by atoms with Gasteiger partial charge in [-0.3, -0.25) is 4.79 Å². The summed E-state index contributed by atoms with van der Waals surface area (Å²) < 4.78 is 13.3. The highest BCUT2D eigenvalue weighted by Gasteiger charge is 2.25. The van der Waals surface area contributed by atoms with Crippen molar-refractivity contribution in [3.8, 4) is 0 Å². The van der Waals surface area contributed by atoms with Crippen LogP contribution in [0.3, 0.4) is 0 Å². The predicted octanol–water partition coefficient (Wildman–Crippen LogP) is 3.93. The molecular formula is C16H22FNO. The molecule has 1 aliphatic rings. The third kappa shape index (κ3) is 3.14. The van der Waals surface area contributed by atoms with E-state index >= 15 is 0 Å². The molecule has 3 heteroatoms. The van der Waals surface area contributed by atoms with Gasteiger partial charge in [0.1, 0.15) is 5.82 Å². The lowest BCUT2D eigenvalue weighted by Crippen LogP contribution is -2.41. The maximum Gasteiger partial charge on any atom is 0.254 e. The Morgan fingerprint density at radius 3 is 2.58 bits per heavy atom. The molecule has 1 amide bonds. The summed E-state index contributed by atoms with van der Waals surface area (Å²) in [5.41, 5.74) is 1.14. The molecule has 0 unspecified atom stereocenters. The maximum atomic E-state index is 13.3. The van der Waals surface area contributed by atoms with Gasteiger partial charge in [0.15, 0.2) is 0 Å². The molecule has 19 heavy (non-hydrogen) atoms. The van der Waals surface area contributed by atoms with Gasteiger partial charge in [-0.2, -0.15) is 0 Å². The van der Waals surface area contributed by atoms with Crippen LogP contribution in [0.2, 0.25) is 0 Å². The first-order valence-corrected chi connectivity index (χ1v) is 7.20. The van der Waals surface area contributed by atoms with Gasteiger partial charge in [0.25, 0.3) is 5.91 Å². The second kappa shape index (κ2) is 6.18. The summed E-state index contributed by atoms with van der Waals surface area (Å²) in [6, 6.07) is 4.99. The molecule has 1 aromatic rings. The van der Waals surface area contributed by atoms with Crippen molar-refractivity contribution in [2.45, 2.75) is 52.0 Å². The van der Waals surface area contributed by atoms with Crippen LogP contribution in [0.1, 0.15) is 54.9 Å². The smallest absolute Gasteiger partial charge is 0.254 e. The van der Waals surface area contributed by atoms with Crippen LogP contribution in [0.25, 0.3) is 0 Å². The Morgan fingerprint density at radius 1 is 1.32 bits per heavy atom. The van der Waals surface area contributed by atoms with Crippen LogP contribution in [0, 0.1) is 12.7 Å². The van der Waals surface area contributed by atoms with E-state index in [9.17, 15) is 9.18 Å². The SMILES string of the molecule is CCN(C(=O)c1ccc(F)c(C)c1)C1CCCCC1. The van der Waals surface area contributed by atoms with Gasteiger partial charge < -0.3 is 4.90 Å². The highest BCUT2D eigenvalue weighted by molar-refractivity contribution is 5.94. The van der Waals surface area contributed by atoms with E-state index in [2.05, 4.69) is 0 Å². The fourth-order valence-electron chi connectivity index (χ4n) is 2.90. The van der Waals surface area contributed by atoms with Gasteiger partial charge in [-0.15, -0.1) is 0 Å². The van der Waals surface area contributed by atoms with E-state index in [1.54, 1.807) is 19.1 Å². The summed E-state index contributed by atoms with van der Waals surface area (Å²) in [4.78, 5) is 14.5. The van der Waals surface area contributed by atoms with Crippen molar-refractivity contribution in [1.29, 1.82) is 0 Å². The van der Waals surface area contributed by atoms with Crippen molar-refractivity contribution in [3.05, 3.63) is 35.1 Å². The van der Waals surface area contributed by atoms with Crippen molar-refractivity contribution < 1.29 is 9.18 Å². The Bertz CT molecular complexity index is 452. The number of amides is 1. The quantitative estimate of drug-likeness (QED) is 0.809. The normalized spacial score (nSPS) is 16.4. The molecule has 0 heterocycles. The lowest BCUT2D eigenvalue weighted by Gasteiger charge is -2.33. The molecule has 0 atom stereocenters. The summed E-state index contributed by atoms with van der Waals surface area (Å²) in [7, 11) is 0. The topological polar surface area (TPSA) is 20.3 Å². The fraction of sp³-hybridized carbons (Fsp3) is 0.562. The number of carbonyl (C=O) groups excluding carboxylic acids is 1. The minimum absolute atomic E-state index is 0.0394.